The average Bonchev–Trinajstić information content (AvgIpc) is 2.97. The predicted octanol–water partition coefficient (Wildman–Crippen LogP) is 1.45. The molecule has 0 radical (unpaired) electrons. The van der Waals surface area contributed by atoms with E-state index in [2.05, 4.69) is 32.1 Å². The van der Waals surface area contributed by atoms with Gasteiger partial charge in [0.25, 0.3) is 0 Å². The summed E-state index contributed by atoms with van der Waals surface area (Å²) >= 11 is 0. The maximum absolute atomic E-state index is 5.77. The molecule has 0 saturated heterocycles. The molecule has 6 nitrogen and oxygen atoms in total. The molecule has 20 heavy (non-hydrogen) atoms. The monoisotopic (exact) mass is 270 g/mol. The highest BCUT2D eigenvalue weighted by Gasteiger charge is 2.01. The molecule has 6 heteroatoms. The zero-order valence-electron chi connectivity index (χ0n) is 11.4. The zero-order chi connectivity index (χ0) is 14.4. The van der Waals surface area contributed by atoms with Gasteiger partial charge in [-0.1, -0.05) is 30.4 Å². The quantitative estimate of drug-likeness (QED) is 0.435. The Bertz CT molecular complexity index is 600. The van der Waals surface area contributed by atoms with Crippen LogP contribution in [0.25, 0.3) is 11.4 Å². The number of nitrogens with one attached hydrogen (secondary N) is 2. The molecule has 0 aliphatic heterocycles. The lowest BCUT2D eigenvalue weighted by Gasteiger charge is -2.05. The van der Waals surface area contributed by atoms with Gasteiger partial charge >= 0.3 is 0 Å². The van der Waals surface area contributed by atoms with Gasteiger partial charge in [-0.25, -0.2) is 9.98 Å². The van der Waals surface area contributed by atoms with Crippen LogP contribution < -0.4 is 11.1 Å². The molecule has 104 valence electrons. The van der Waals surface area contributed by atoms with E-state index in [0.717, 1.165) is 22.5 Å². The van der Waals surface area contributed by atoms with E-state index in [-0.39, 0.29) is 0 Å². The lowest BCUT2D eigenvalue weighted by molar-refractivity contribution is 0.940. The third-order valence-corrected chi connectivity index (χ3v) is 2.62. The van der Waals surface area contributed by atoms with E-state index in [4.69, 9.17) is 5.73 Å². The van der Waals surface area contributed by atoms with Crippen molar-refractivity contribution in [2.75, 3.05) is 6.54 Å². The van der Waals surface area contributed by atoms with Gasteiger partial charge in [-0.15, -0.1) is 0 Å². The van der Waals surface area contributed by atoms with E-state index in [9.17, 15) is 0 Å². The first-order chi connectivity index (χ1) is 9.65. The van der Waals surface area contributed by atoms with E-state index in [0.29, 0.717) is 19.0 Å². The molecule has 0 unspecified atom stereocenters. The molecule has 0 atom stereocenters. The van der Waals surface area contributed by atoms with Gasteiger partial charge in [-0.05, 0) is 18.6 Å². The van der Waals surface area contributed by atoms with Gasteiger partial charge in [-0.2, -0.15) is 5.10 Å². The highest BCUT2D eigenvalue weighted by molar-refractivity contribution is 5.78. The lowest BCUT2D eigenvalue weighted by Crippen LogP contribution is -2.32. The molecule has 0 amide bonds. The Morgan fingerprint density at radius 3 is 3.05 bits per heavy atom. The van der Waals surface area contributed by atoms with Crippen molar-refractivity contribution in [1.29, 1.82) is 0 Å². The second-order valence-electron chi connectivity index (χ2n) is 4.55. The Morgan fingerprint density at radius 1 is 1.50 bits per heavy atom. The number of rotatable bonds is 5. The van der Waals surface area contributed by atoms with Crippen LogP contribution in [0.4, 0.5) is 0 Å². The van der Waals surface area contributed by atoms with Gasteiger partial charge in [0.2, 0.25) is 0 Å². The second-order valence-corrected chi connectivity index (χ2v) is 4.55. The van der Waals surface area contributed by atoms with Crippen LogP contribution in [-0.4, -0.2) is 27.7 Å². The standard InChI is InChI=1S/C14H18N6/c1-10(2)7-16-14(15)17-8-11-4-3-5-12(6-11)13-18-9-19-20-13/h3-6,9H,1,7-8H2,2H3,(H3,15,16,17)(H,18,19,20). The summed E-state index contributed by atoms with van der Waals surface area (Å²) in [6.07, 6.45) is 1.49. The Labute approximate surface area is 117 Å². The minimum absolute atomic E-state index is 0.415. The van der Waals surface area contributed by atoms with Crippen LogP contribution in [0.5, 0.6) is 0 Å². The summed E-state index contributed by atoms with van der Waals surface area (Å²) in [7, 11) is 0. The minimum atomic E-state index is 0.415. The number of benzene rings is 1. The number of aromatic nitrogens is 3. The molecule has 0 spiro atoms. The average molecular weight is 270 g/mol. The molecule has 0 aliphatic rings. The summed E-state index contributed by atoms with van der Waals surface area (Å²) in [5, 5.41) is 9.67. The molecule has 0 saturated carbocycles. The van der Waals surface area contributed by atoms with E-state index in [1.54, 1.807) is 0 Å². The highest BCUT2D eigenvalue weighted by atomic mass is 15.2. The van der Waals surface area contributed by atoms with Crippen molar-refractivity contribution >= 4 is 5.96 Å². The van der Waals surface area contributed by atoms with Gasteiger partial charge in [0, 0.05) is 12.1 Å². The molecule has 0 aliphatic carbocycles. The fourth-order valence-electron chi connectivity index (χ4n) is 1.64. The van der Waals surface area contributed by atoms with Crippen molar-refractivity contribution < 1.29 is 0 Å². The van der Waals surface area contributed by atoms with Crippen molar-refractivity contribution in [3.8, 4) is 11.4 Å². The van der Waals surface area contributed by atoms with Crippen LogP contribution in [0.3, 0.4) is 0 Å². The molecular weight excluding hydrogens is 252 g/mol. The maximum Gasteiger partial charge on any atom is 0.189 e. The number of guanidine groups is 1. The summed E-state index contributed by atoms with van der Waals surface area (Å²) in [6, 6.07) is 7.93. The first-order valence-corrected chi connectivity index (χ1v) is 6.28. The van der Waals surface area contributed by atoms with Gasteiger partial charge in [0.15, 0.2) is 11.8 Å². The van der Waals surface area contributed by atoms with E-state index < -0.39 is 0 Å². The van der Waals surface area contributed by atoms with Crippen molar-refractivity contribution in [1.82, 2.24) is 20.5 Å². The molecule has 0 bridgehead atoms. The Morgan fingerprint density at radius 2 is 2.35 bits per heavy atom. The van der Waals surface area contributed by atoms with Gasteiger partial charge in [0.05, 0.1) is 6.54 Å². The summed E-state index contributed by atoms with van der Waals surface area (Å²) in [5.74, 6) is 1.15. The van der Waals surface area contributed by atoms with Crippen molar-refractivity contribution in [2.24, 2.45) is 10.7 Å². The van der Waals surface area contributed by atoms with Crippen molar-refractivity contribution in [3.63, 3.8) is 0 Å². The van der Waals surface area contributed by atoms with Gasteiger partial charge < -0.3 is 11.1 Å². The van der Waals surface area contributed by atoms with Crippen LogP contribution in [0.2, 0.25) is 0 Å². The van der Waals surface area contributed by atoms with Crippen LogP contribution in [0, 0.1) is 0 Å². The fourth-order valence-corrected chi connectivity index (χ4v) is 1.64. The van der Waals surface area contributed by atoms with E-state index in [1.807, 2.05) is 31.2 Å². The van der Waals surface area contributed by atoms with Crippen LogP contribution in [0.15, 0.2) is 47.7 Å². The van der Waals surface area contributed by atoms with Crippen LogP contribution in [0.1, 0.15) is 12.5 Å². The molecule has 2 rings (SSSR count). The number of hydrogen-bond acceptors (Lipinski definition) is 3. The topological polar surface area (TPSA) is 92.0 Å². The Hall–Kier alpha value is -2.63. The van der Waals surface area contributed by atoms with E-state index in [1.165, 1.54) is 6.33 Å². The molecule has 4 N–H and O–H groups in total. The molecule has 1 heterocycles. The zero-order valence-corrected chi connectivity index (χ0v) is 11.4. The first-order valence-electron chi connectivity index (χ1n) is 6.28. The third kappa shape index (κ3) is 3.94. The number of nitrogens with zero attached hydrogens (tertiary/aromatic N) is 3. The molecule has 2 aromatic rings. The minimum Gasteiger partial charge on any atom is -0.370 e. The smallest absolute Gasteiger partial charge is 0.189 e. The van der Waals surface area contributed by atoms with E-state index >= 15 is 0 Å². The maximum atomic E-state index is 5.77. The summed E-state index contributed by atoms with van der Waals surface area (Å²) in [5.41, 5.74) is 8.81. The van der Waals surface area contributed by atoms with Crippen molar-refractivity contribution in [3.05, 3.63) is 48.3 Å². The predicted molar refractivity (Wildman–Crippen MR) is 80.0 cm³/mol. The number of H-pyrrole nitrogens is 1. The largest absolute Gasteiger partial charge is 0.370 e. The fraction of sp³-hybridized carbons (Fsp3) is 0.214. The summed E-state index contributed by atoms with van der Waals surface area (Å²) in [6.45, 7) is 6.87. The van der Waals surface area contributed by atoms with Crippen LogP contribution in [-0.2, 0) is 6.54 Å². The molecular formula is C14H18N6. The summed E-state index contributed by atoms with van der Waals surface area (Å²) in [4.78, 5) is 8.41. The SMILES string of the molecule is C=C(C)CNC(N)=NCc1cccc(-c2ncn[nH]2)c1. The van der Waals surface area contributed by atoms with Crippen LogP contribution >= 0.6 is 0 Å². The number of hydrogen-bond donors (Lipinski definition) is 3. The first kappa shape index (κ1) is 13.8. The molecule has 1 aromatic heterocycles. The Balaban J connectivity index is 2.01. The number of aromatic amines is 1. The second kappa shape index (κ2) is 6.51. The lowest BCUT2D eigenvalue weighted by atomic mass is 10.1. The highest BCUT2D eigenvalue weighted by Crippen LogP contribution is 2.15. The number of aliphatic imine (C=N–C) groups is 1. The number of nitrogens with two attached hydrogens (primary N) is 1. The third-order valence-electron chi connectivity index (χ3n) is 2.62. The molecule has 0 fully saturated rings. The van der Waals surface area contributed by atoms with Gasteiger partial charge in [0.1, 0.15) is 6.33 Å². The Kier molecular flexibility index (Phi) is 4.49. The van der Waals surface area contributed by atoms with Crippen molar-refractivity contribution in [2.45, 2.75) is 13.5 Å². The molecule has 1 aromatic carbocycles. The normalized spacial score (nSPS) is 11.3. The van der Waals surface area contributed by atoms with Gasteiger partial charge in [-0.3, -0.25) is 5.10 Å². The summed E-state index contributed by atoms with van der Waals surface area (Å²) < 4.78 is 0.